The first-order valence-electron chi connectivity index (χ1n) is 5.86. The highest BCUT2D eigenvalue weighted by Crippen LogP contribution is 2.18. The fraction of sp³-hybridized carbons (Fsp3) is 0.417. The first-order chi connectivity index (χ1) is 9.04. The molecule has 1 aromatic carbocycles. The Balaban J connectivity index is 1.86. The molecular weight excluding hydrogens is 252 g/mol. The predicted octanol–water partition coefficient (Wildman–Crippen LogP) is 1.81. The third-order valence-corrected chi connectivity index (χ3v) is 2.86. The van der Waals surface area contributed by atoms with Gasteiger partial charge in [-0.2, -0.15) is 0 Å². The molecule has 1 fully saturated rings. The van der Waals surface area contributed by atoms with Gasteiger partial charge >= 0.3 is 6.16 Å². The summed E-state index contributed by atoms with van der Waals surface area (Å²) in [4.78, 5) is 23.5. The van der Waals surface area contributed by atoms with Gasteiger partial charge in [-0.05, 0) is 25.6 Å². The molecule has 1 atom stereocenters. The number of nitro benzene ring substituents is 1. The Kier molecular flexibility index (Phi) is 3.96. The zero-order valence-corrected chi connectivity index (χ0v) is 10.4. The Hall–Kier alpha value is -2.15. The van der Waals surface area contributed by atoms with Gasteiger partial charge in [-0.25, -0.2) is 4.79 Å². The second-order valence-electron chi connectivity index (χ2n) is 4.39. The van der Waals surface area contributed by atoms with E-state index in [1.165, 1.54) is 24.3 Å². The average Bonchev–Trinajstić information content (AvgIpc) is 2.75. The first kappa shape index (κ1) is 13.3. The van der Waals surface area contributed by atoms with Crippen molar-refractivity contribution in [2.45, 2.75) is 12.5 Å². The lowest BCUT2D eigenvalue weighted by Gasteiger charge is -2.11. The molecular formula is C12H14N2O5. The summed E-state index contributed by atoms with van der Waals surface area (Å²) < 4.78 is 10.1. The molecule has 102 valence electrons. The van der Waals surface area contributed by atoms with Gasteiger partial charge in [0.15, 0.2) is 0 Å². The Labute approximate surface area is 109 Å². The van der Waals surface area contributed by atoms with Crippen LogP contribution in [0.25, 0.3) is 0 Å². The number of hydrogen-bond donors (Lipinski definition) is 0. The molecule has 7 nitrogen and oxygen atoms in total. The van der Waals surface area contributed by atoms with Gasteiger partial charge in [0, 0.05) is 25.2 Å². The Morgan fingerprint density at radius 3 is 2.63 bits per heavy atom. The highest BCUT2D eigenvalue weighted by atomic mass is 16.7. The largest absolute Gasteiger partial charge is 0.514 e. The van der Waals surface area contributed by atoms with Crippen LogP contribution in [-0.4, -0.2) is 42.2 Å². The minimum atomic E-state index is -0.783. The number of hydrogen-bond acceptors (Lipinski definition) is 6. The summed E-state index contributed by atoms with van der Waals surface area (Å²) in [6.45, 7) is 1.57. The van der Waals surface area contributed by atoms with Crippen LogP contribution in [0.1, 0.15) is 6.42 Å². The summed E-state index contributed by atoms with van der Waals surface area (Å²) >= 11 is 0. The summed E-state index contributed by atoms with van der Waals surface area (Å²) in [6, 6.07) is 5.26. The van der Waals surface area contributed by atoms with Crippen LogP contribution in [0.15, 0.2) is 24.3 Å². The predicted molar refractivity (Wildman–Crippen MR) is 66.1 cm³/mol. The van der Waals surface area contributed by atoms with Gasteiger partial charge in [-0.1, -0.05) is 0 Å². The molecule has 7 heteroatoms. The van der Waals surface area contributed by atoms with Crippen LogP contribution in [0.3, 0.4) is 0 Å². The van der Waals surface area contributed by atoms with Crippen LogP contribution in [0.5, 0.6) is 5.75 Å². The summed E-state index contributed by atoms with van der Waals surface area (Å²) in [5, 5.41) is 10.5. The van der Waals surface area contributed by atoms with Crippen molar-refractivity contribution >= 4 is 11.8 Å². The van der Waals surface area contributed by atoms with Gasteiger partial charge in [-0.15, -0.1) is 0 Å². The zero-order chi connectivity index (χ0) is 13.8. The minimum absolute atomic E-state index is 0.0573. The number of nitro groups is 1. The highest BCUT2D eigenvalue weighted by molar-refractivity contribution is 5.64. The standard InChI is InChI=1S/C12H14N2O5/c1-13-7-6-11(8-13)19-12(15)18-10-4-2-9(3-5-10)14(16)17/h2-5,11H,6-8H2,1H3. The number of rotatable bonds is 3. The topological polar surface area (TPSA) is 81.9 Å². The van der Waals surface area contributed by atoms with Crippen molar-refractivity contribution in [1.82, 2.24) is 4.90 Å². The normalized spacial score (nSPS) is 19.1. The zero-order valence-electron chi connectivity index (χ0n) is 10.4. The first-order valence-corrected chi connectivity index (χ1v) is 5.86. The van der Waals surface area contributed by atoms with Gasteiger partial charge in [-0.3, -0.25) is 10.1 Å². The maximum atomic E-state index is 11.5. The molecule has 1 aliphatic rings. The Bertz CT molecular complexity index is 474. The van der Waals surface area contributed by atoms with Crippen molar-refractivity contribution < 1.29 is 19.2 Å². The Morgan fingerprint density at radius 1 is 1.42 bits per heavy atom. The Morgan fingerprint density at radius 2 is 2.11 bits per heavy atom. The molecule has 1 aromatic rings. The molecule has 0 spiro atoms. The summed E-state index contributed by atoms with van der Waals surface area (Å²) in [5.74, 6) is 0.224. The molecule has 0 bridgehead atoms. The van der Waals surface area contributed by atoms with Crippen molar-refractivity contribution in [2.75, 3.05) is 20.1 Å². The van der Waals surface area contributed by atoms with Crippen molar-refractivity contribution in [3.05, 3.63) is 34.4 Å². The molecule has 0 aromatic heterocycles. The average molecular weight is 266 g/mol. The van der Waals surface area contributed by atoms with Crippen LogP contribution in [-0.2, 0) is 4.74 Å². The number of likely N-dealkylation sites (N-methyl/N-ethyl adjacent to an activating group) is 1. The molecule has 0 N–H and O–H groups in total. The van der Waals surface area contributed by atoms with Crippen LogP contribution in [0, 0.1) is 10.1 Å². The van der Waals surface area contributed by atoms with Gasteiger partial charge in [0.25, 0.3) is 5.69 Å². The van der Waals surface area contributed by atoms with Crippen LogP contribution < -0.4 is 4.74 Å². The lowest BCUT2D eigenvalue weighted by molar-refractivity contribution is -0.384. The molecule has 1 unspecified atom stereocenters. The summed E-state index contributed by atoms with van der Waals surface area (Å²) in [5.41, 5.74) is -0.0573. The van der Waals surface area contributed by atoms with Crippen molar-refractivity contribution in [2.24, 2.45) is 0 Å². The monoisotopic (exact) mass is 266 g/mol. The van der Waals surface area contributed by atoms with Crippen LogP contribution >= 0.6 is 0 Å². The molecule has 1 saturated heterocycles. The molecule has 2 rings (SSSR count). The van der Waals surface area contributed by atoms with Crippen molar-refractivity contribution in [1.29, 1.82) is 0 Å². The minimum Gasteiger partial charge on any atom is -0.429 e. The molecule has 1 aliphatic heterocycles. The van der Waals surface area contributed by atoms with E-state index in [0.29, 0.717) is 6.54 Å². The van der Waals surface area contributed by atoms with Crippen molar-refractivity contribution in [3.8, 4) is 5.75 Å². The van der Waals surface area contributed by atoms with Gasteiger partial charge in [0.2, 0.25) is 0 Å². The fourth-order valence-corrected chi connectivity index (χ4v) is 1.88. The van der Waals surface area contributed by atoms with E-state index in [0.717, 1.165) is 13.0 Å². The van der Waals surface area contributed by atoms with Crippen molar-refractivity contribution in [3.63, 3.8) is 0 Å². The molecule has 19 heavy (non-hydrogen) atoms. The fourth-order valence-electron chi connectivity index (χ4n) is 1.88. The summed E-state index contributed by atoms with van der Waals surface area (Å²) in [6.07, 6.45) is -0.156. The van der Waals surface area contributed by atoms with E-state index in [9.17, 15) is 14.9 Å². The quantitative estimate of drug-likeness (QED) is 0.359. The van der Waals surface area contributed by atoms with Gasteiger partial charge in [0.1, 0.15) is 11.9 Å². The third-order valence-electron chi connectivity index (χ3n) is 2.86. The molecule has 0 aliphatic carbocycles. The van der Waals surface area contributed by atoms with Gasteiger partial charge in [0.05, 0.1) is 4.92 Å². The van der Waals surface area contributed by atoms with E-state index in [-0.39, 0.29) is 17.5 Å². The van der Waals surface area contributed by atoms with E-state index in [4.69, 9.17) is 9.47 Å². The van der Waals surface area contributed by atoms with E-state index < -0.39 is 11.1 Å². The van der Waals surface area contributed by atoms with E-state index in [2.05, 4.69) is 4.90 Å². The molecule has 1 heterocycles. The second-order valence-corrected chi connectivity index (χ2v) is 4.39. The summed E-state index contributed by atoms with van der Waals surface area (Å²) in [7, 11) is 1.95. The molecule has 0 radical (unpaired) electrons. The number of carbonyl (C=O) groups is 1. The van der Waals surface area contributed by atoms with E-state index >= 15 is 0 Å². The van der Waals surface area contributed by atoms with E-state index in [1.54, 1.807) is 0 Å². The lowest BCUT2D eigenvalue weighted by atomic mass is 10.3. The number of benzene rings is 1. The van der Waals surface area contributed by atoms with Gasteiger partial charge < -0.3 is 14.4 Å². The maximum Gasteiger partial charge on any atom is 0.514 e. The van der Waals surface area contributed by atoms with E-state index in [1.807, 2.05) is 7.05 Å². The molecule has 0 amide bonds. The lowest BCUT2D eigenvalue weighted by Crippen LogP contribution is -2.23. The highest BCUT2D eigenvalue weighted by Gasteiger charge is 2.24. The smallest absolute Gasteiger partial charge is 0.429 e. The molecule has 0 saturated carbocycles. The number of non-ortho nitro benzene ring substituents is 1. The number of ether oxygens (including phenoxy) is 2. The number of carbonyl (C=O) groups excluding carboxylic acids is 1. The van der Waals surface area contributed by atoms with Crippen LogP contribution in [0.2, 0.25) is 0 Å². The third kappa shape index (κ3) is 3.65. The number of likely N-dealkylation sites (tertiary alicyclic amines) is 1. The maximum absolute atomic E-state index is 11.5. The number of nitrogens with zero attached hydrogens (tertiary/aromatic N) is 2. The SMILES string of the molecule is CN1CCC(OC(=O)Oc2ccc([N+](=O)[O-])cc2)C1. The van der Waals surface area contributed by atoms with Crippen LogP contribution in [0.4, 0.5) is 10.5 Å². The second kappa shape index (κ2) is 5.66.